The summed E-state index contributed by atoms with van der Waals surface area (Å²) in [6.45, 7) is 0. The summed E-state index contributed by atoms with van der Waals surface area (Å²) in [6, 6.07) is 62.8. The van der Waals surface area contributed by atoms with Gasteiger partial charge in [-0.15, -0.1) is 22.7 Å². The Morgan fingerprint density at radius 3 is 1.40 bits per heavy atom. The van der Waals surface area contributed by atoms with Crippen molar-refractivity contribution in [3.8, 4) is 33.4 Å². The zero-order valence-electron chi connectivity index (χ0n) is 27.0. The smallest absolute Gasteiger partial charge is 0.0455 e. The predicted molar refractivity (Wildman–Crippen MR) is 221 cm³/mol. The van der Waals surface area contributed by atoms with Crippen LogP contribution in [0.4, 0.5) is 0 Å². The van der Waals surface area contributed by atoms with Gasteiger partial charge in [0.15, 0.2) is 0 Å². The van der Waals surface area contributed by atoms with E-state index in [1.165, 1.54) is 106 Å². The number of rotatable bonds is 3. The summed E-state index contributed by atoms with van der Waals surface area (Å²) in [4.78, 5) is 0. The normalized spacial score (nSPS) is 12.0. The highest BCUT2D eigenvalue weighted by molar-refractivity contribution is 7.30. The highest BCUT2D eigenvalue weighted by Gasteiger charge is 2.20. The van der Waals surface area contributed by atoms with Gasteiger partial charge in [0.2, 0.25) is 0 Å². The molecule has 0 N–H and O–H groups in total. The topological polar surface area (TPSA) is 0 Å². The molecule has 0 amide bonds. The molecule has 0 saturated heterocycles. The van der Waals surface area contributed by atoms with Gasteiger partial charge in [0.1, 0.15) is 0 Å². The van der Waals surface area contributed by atoms with Gasteiger partial charge in [-0.1, -0.05) is 158 Å². The van der Waals surface area contributed by atoms with Crippen molar-refractivity contribution >= 4 is 95.3 Å². The summed E-state index contributed by atoms with van der Waals surface area (Å²) in [5.41, 5.74) is 7.57. The van der Waals surface area contributed by atoms with E-state index in [0.29, 0.717) is 0 Å². The third kappa shape index (κ3) is 4.04. The number of hydrogen-bond acceptors (Lipinski definition) is 2. The van der Waals surface area contributed by atoms with E-state index < -0.39 is 0 Å². The number of fused-ring (bicyclic) bond motifs is 12. The zero-order chi connectivity index (χ0) is 32.8. The van der Waals surface area contributed by atoms with Crippen molar-refractivity contribution in [2.24, 2.45) is 0 Å². The Bertz CT molecular complexity index is 3070. The van der Waals surface area contributed by atoms with Crippen LogP contribution in [-0.2, 0) is 0 Å². The van der Waals surface area contributed by atoms with E-state index in [2.05, 4.69) is 170 Å². The molecule has 232 valence electrons. The minimum atomic E-state index is 1.23. The molecule has 9 aromatic carbocycles. The van der Waals surface area contributed by atoms with Crippen LogP contribution in [0, 0.1) is 0 Å². The van der Waals surface area contributed by atoms with Crippen molar-refractivity contribution in [1.29, 1.82) is 0 Å². The van der Waals surface area contributed by atoms with Crippen molar-refractivity contribution in [2.45, 2.75) is 0 Å². The maximum Gasteiger partial charge on any atom is 0.0455 e. The minimum Gasteiger partial charge on any atom is -0.134 e. The Morgan fingerprint density at radius 2 is 0.720 bits per heavy atom. The molecule has 0 atom stereocenters. The Kier molecular flexibility index (Phi) is 6.09. The van der Waals surface area contributed by atoms with Crippen LogP contribution in [0.3, 0.4) is 0 Å². The van der Waals surface area contributed by atoms with Crippen LogP contribution in [0.2, 0.25) is 0 Å². The summed E-state index contributed by atoms with van der Waals surface area (Å²) in [6.07, 6.45) is 0. The van der Waals surface area contributed by atoms with Gasteiger partial charge < -0.3 is 0 Å². The zero-order valence-corrected chi connectivity index (χ0v) is 28.6. The highest BCUT2D eigenvalue weighted by Crippen LogP contribution is 2.50. The van der Waals surface area contributed by atoms with Gasteiger partial charge >= 0.3 is 0 Å². The molecule has 11 aromatic rings. The predicted octanol–water partition coefficient (Wildman–Crippen LogP) is 14.9. The SMILES string of the molecule is c1ccc(-c2ccc(-c3c4ccccc4c(-c4ccc5c(c4)sc4c6ccccc6c6c7ccccc7sc6c54)c4ccccc34)cc2)cc1. The van der Waals surface area contributed by atoms with E-state index in [1.807, 2.05) is 22.7 Å². The first-order valence-electron chi connectivity index (χ1n) is 17.1. The number of hydrogen-bond donors (Lipinski definition) is 0. The fourth-order valence-corrected chi connectivity index (χ4v) is 10.9. The van der Waals surface area contributed by atoms with Gasteiger partial charge in [0, 0.05) is 45.7 Å². The Labute approximate surface area is 297 Å². The van der Waals surface area contributed by atoms with E-state index >= 15 is 0 Å². The van der Waals surface area contributed by atoms with Crippen molar-refractivity contribution in [3.63, 3.8) is 0 Å². The highest BCUT2D eigenvalue weighted by atomic mass is 32.1. The molecule has 0 radical (unpaired) electrons. The third-order valence-corrected chi connectivity index (χ3v) is 12.8. The Balaban J connectivity index is 1.17. The van der Waals surface area contributed by atoms with Crippen molar-refractivity contribution < 1.29 is 0 Å². The molecule has 0 spiro atoms. The van der Waals surface area contributed by atoms with Crippen LogP contribution in [0.1, 0.15) is 0 Å². The molecule has 0 unspecified atom stereocenters. The Hall–Kier alpha value is -5.80. The van der Waals surface area contributed by atoms with Crippen LogP contribution >= 0.6 is 22.7 Å². The van der Waals surface area contributed by atoms with E-state index in [1.54, 1.807) is 0 Å². The van der Waals surface area contributed by atoms with Gasteiger partial charge in [-0.2, -0.15) is 0 Å². The largest absolute Gasteiger partial charge is 0.134 e. The minimum absolute atomic E-state index is 1.23. The molecule has 0 fully saturated rings. The first-order chi connectivity index (χ1) is 24.8. The summed E-state index contributed by atoms with van der Waals surface area (Å²) < 4.78 is 5.47. The van der Waals surface area contributed by atoms with Gasteiger partial charge in [-0.3, -0.25) is 0 Å². The molecule has 2 heterocycles. The fourth-order valence-electron chi connectivity index (χ4n) is 8.27. The molecule has 0 aliphatic carbocycles. The quantitative estimate of drug-likeness (QED) is 0.164. The molecular formula is C48H28S2. The third-order valence-electron chi connectivity index (χ3n) is 10.5. The lowest BCUT2D eigenvalue weighted by atomic mass is 9.85. The fraction of sp³-hybridized carbons (Fsp3) is 0. The summed E-state index contributed by atoms with van der Waals surface area (Å²) in [5, 5.41) is 13.3. The molecule has 0 saturated carbocycles. The monoisotopic (exact) mass is 668 g/mol. The first-order valence-corrected chi connectivity index (χ1v) is 18.7. The standard InChI is InChI=1S/C48H28S2/c1-2-12-29(13-3-1)30-22-24-31(25-23-30)43-33-14-4-6-16-35(33)44(36-17-7-5-15-34(36)43)32-26-27-40-42(28-32)50-47-38-19-9-8-18-37(38)45-39-20-10-11-21-41(39)49-48(45)46(40)47/h1-28H. The number of thiophene rings is 2. The molecule has 2 aromatic heterocycles. The van der Waals surface area contributed by atoms with Crippen LogP contribution in [0.15, 0.2) is 170 Å². The molecular weight excluding hydrogens is 641 g/mol. The van der Waals surface area contributed by atoms with Crippen molar-refractivity contribution in [1.82, 2.24) is 0 Å². The molecule has 0 aliphatic heterocycles. The molecule has 0 bridgehead atoms. The van der Waals surface area contributed by atoms with Gasteiger partial charge in [-0.25, -0.2) is 0 Å². The summed E-state index contributed by atoms with van der Waals surface area (Å²) in [5.74, 6) is 0. The summed E-state index contributed by atoms with van der Waals surface area (Å²) >= 11 is 3.88. The van der Waals surface area contributed by atoms with Crippen molar-refractivity contribution in [3.05, 3.63) is 170 Å². The Morgan fingerprint density at radius 1 is 0.260 bits per heavy atom. The first kappa shape index (κ1) is 28.1. The lowest BCUT2D eigenvalue weighted by Crippen LogP contribution is -1.90. The van der Waals surface area contributed by atoms with E-state index in [0.717, 1.165) is 0 Å². The molecule has 50 heavy (non-hydrogen) atoms. The van der Waals surface area contributed by atoms with E-state index in [-0.39, 0.29) is 0 Å². The molecule has 2 heteroatoms. The van der Waals surface area contributed by atoms with Crippen LogP contribution in [-0.4, -0.2) is 0 Å². The van der Waals surface area contributed by atoms with Gasteiger partial charge in [0.25, 0.3) is 0 Å². The maximum absolute atomic E-state index is 2.45. The second-order valence-corrected chi connectivity index (χ2v) is 15.3. The summed E-state index contributed by atoms with van der Waals surface area (Å²) in [7, 11) is 0. The van der Waals surface area contributed by atoms with Crippen molar-refractivity contribution in [2.75, 3.05) is 0 Å². The molecule has 0 nitrogen and oxygen atoms in total. The molecule has 11 rings (SSSR count). The second-order valence-electron chi connectivity index (χ2n) is 13.1. The van der Waals surface area contributed by atoms with E-state index in [4.69, 9.17) is 0 Å². The lowest BCUT2D eigenvalue weighted by molar-refractivity contribution is 1.61. The van der Waals surface area contributed by atoms with Gasteiger partial charge in [0.05, 0.1) is 0 Å². The maximum atomic E-state index is 2.45. The van der Waals surface area contributed by atoms with Crippen LogP contribution in [0.5, 0.6) is 0 Å². The molecule has 0 aliphatic rings. The average Bonchev–Trinajstić information content (AvgIpc) is 3.76. The van der Waals surface area contributed by atoms with Gasteiger partial charge in [-0.05, 0) is 72.4 Å². The van der Waals surface area contributed by atoms with E-state index in [9.17, 15) is 0 Å². The second kappa shape index (κ2) is 10.9. The van der Waals surface area contributed by atoms with Crippen LogP contribution < -0.4 is 0 Å². The number of benzene rings is 9. The lowest BCUT2D eigenvalue weighted by Gasteiger charge is -2.18. The average molecular weight is 669 g/mol. The van der Waals surface area contributed by atoms with Crippen LogP contribution in [0.25, 0.3) is 106 Å².